The molecular weight excluding hydrogens is 255 g/mol. The van der Waals surface area contributed by atoms with Crippen molar-refractivity contribution in [3.63, 3.8) is 0 Å². The molecule has 0 atom stereocenters. The maximum Gasteiger partial charge on any atom is 0.248 e. The lowest BCUT2D eigenvalue weighted by Gasteiger charge is -2.09. The lowest BCUT2D eigenvalue weighted by Crippen LogP contribution is -2.09. The van der Waals surface area contributed by atoms with E-state index in [4.69, 9.17) is 0 Å². The van der Waals surface area contributed by atoms with E-state index >= 15 is 0 Å². The number of aromatic amines is 1. The number of H-pyrrole nitrogens is 1. The summed E-state index contributed by atoms with van der Waals surface area (Å²) in [7, 11) is 0. The number of anilines is 1. The van der Waals surface area contributed by atoms with Gasteiger partial charge in [0, 0.05) is 29.2 Å². The minimum Gasteiger partial charge on any atom is -0.381 e. The second-order valence-corrected chi connectivity index (χ2v) is 4.56. The highest BCUT2D eigenvalue weighted by Crippen LogP contribution is 2.16. The average molecular weight is 268 g/mol. The average Bonchev–Trinajstić information content (AvgIpc) is 2.46. The number of halogens is 1. The van der Waals surface area contributed by atoms with Crippen molar-refractivity contribution in [2.45, 2.75) is 6.54 Å². The molecule has 0 amide bonds. The van der Waals surface area contributed by atoms with Crippen molar-refractivity contribution >= 4 is 16.6 Å². The smallest absolute Gasteiger partial charge is 0.248 e. The molecule has 100 valence electrons. The minimum absolute atomic E-state index is 0.125. The van der Waals surface area contributed by atoms with E-state index in [2.05, 4.69) is 10.3 Å². The molecule has 0 aliphatic rings. The molecule has 2 N–H and O–H groups in total. The summed E-state index contributed by atoms with van der Waals surface area (Å²) in [6, 6.07) is 15.4. The molecule has 3 rings (SSSR count). The fraction of sp³-hybridized carbons (Fsp3) is 0.0625. The quantitative estimate of drug-likeness (QED) is 0.765. The fourth-order valence-electron chi connectivity index (χ4n) is 2.19. The first-order valence-electron chi connectivity index (χ1n) is 6.33. The Hall–Kier alpha value is -2.62. The SMILES string of the molecule is O=c1cc(CNc2ccc(F)cc2)c2ccccc2[nH]1. The van der Waals surface area contributed by atoms with E-state index in [0.29, 0.717) is 6.54 Å². The van der Waals surface area contributed by atoms with Crippen LogP contribution in [0.3, 0.4) is 0 Å². The van der Waals surface area contributed by atoms with Gasteiger partial charge in [-0.1, -0.05) is 18.2 Å². The lowest BCUT2D eigenvalue weighted by atomic mass is 10.1. The monoisotopic (exact) mass is 268 g/mol. The number of benzene rings is 2. The molecule has 0 aliphatic carbocycles. The van der Waals surface area contributed by atoms with Gasteiger partial charge in [-0.25, -0.2) is 4.39 Å². The number of nitrogens with one attached hydrogen (secondary N) is 2. The Morgan fingerprint density at radius 2 is 1.80 bits per heavy atom. The summed E-state index contributed by atoms with van der Waals surface area (Å²) in [6.07, 6.45) is 0. The van der Waals surface area contributed by atoms with Gasteiger partial charge in [-0.2, -0.15) is 0 Å². The van der Waals surface area contributed by atoms with Crippen molar-refractivity contribution in [1.82, 2.24) is 4.98 Å². The Balaban J connectivity index is 1.90. The highest BCUT2D eigenvalue weighted by molar-refractivity contribution is 5.82. The predicted octanol–water partition coefficient (Wildman–Crippen LogP) is 3.28. The van der Waals surface area contributed by atoms with Gasteiger partial charge in [0.05, 0.1) is 0 Å². The summed E-state index contributed by atoms with van der Waals surface area (Å²) in [5, 5.41) is 4.19. The van der Waals surface area contributed by atoms with Gasteiger partial charge in [0.1, 0.15) is 5.82 Å². The van der Waals surface area contributed by atoms with E-state index in [1.165, 1.54) is 12.1 Å². The van der Waals surface area contributed by atoms with Crippen molar-refractivity contribution in [3.05, 3.63) is 76.3 Å². The number of rotatable bonds is 3. The molecule has 20 heavy (non-hydrogen) atoms. The molecule has 0 fully saturated rings. The first-order chi connectivity index (χ1) is 9.72. The molecule has 0 spiro atoms. The topological polar surface area (TPSA) is 44.9 Å². The molecule has 1 heterocycles. The summed E-state index contributed by atoms with van der Waals surface area (Å²) < 4.78 is 12.8. The Kier molecular flexibility index (Phi) is 3.21. The molecule has 0 unspecified atom stereocenters. The lowest BCUT2D eigenvalue weighted by molar-refractivity contribution is 0.628. The van der Waals surface area contributed by atoms with Crippen LogP contribution in [-0.4, -0.2) is 4.98 Å². The summed E-state index contributed by atoms with van der Waals surface area (Å²) >= 11 is 0. The van der Waals surface area contributed by atoms with Crippen molar-refractivity contribution in [2.24, 2.45) is 0 Å². The Labute approximate surface area is 115 Å². The zero-order valence-corrected chi connectivity index (χ0v) is 10.7. The fourth-order valence-corrected chi connectivity index (χ4v) is 2.19. The summed E-state index contributed by atoms with van der Waals surface area (Å²) in [5.41, 5.74) is 2.42. The molecule has 3 aromatic rings. The van der Waals surface area contributed by atoms with Crippen LogP contribution < -0.4 is 10.9 Å². The maximum atomic E-state index is 12.8. The van der Waals surface area contributed by atoms with Gasteiger partial charge >= 0.3 is 0 Å². The molecule has 3 nitrogen and oxygen atoms in total. The predicted molar refractivity (Wildman–Crippen MR) is 78.3 cm³/mol. The van der Waals surface area contributed by atoms with Crippen LogP contribution >= 0.6 is 0 Å². The van der Waals surface area contributed by atoms with Crippen LogP contribution in [0.4, 0.5) is 10.1 Å². The van der Waals surface area contributed by atoms with Gasteiger partial charge in [0.2, 0.25) is 5.56 Å². The van der Waals surface area contributed by atoms with Crippen LogP contribution in [0.2, 0.25) is 0 Å². The zero-order valence-electron chi connectivity index (χ0n) is 10.7. The summed E-state index contributed by atoms with van der Waals surface area (Å²) in [6.45, 7) is 0.510. The third kappa shape index (κ3) is 2.54. The Bertz CT molecular complexity index is 793. The number of hydrogen-bond acceptors (Lipinski definition) is 2. The van der Waals surface area contributed by atoms with Gasteiger partial charge in [-0.3, -0.25) is 4.79 Å². The molecule has 0 saturated heterocycles. The van der Waals surface area contributed by atoms with E-state index in [1.807, 2.05) is 24.3 Å². The third-order valence-corrected chi connectivity index (χ3v) is 3.16. The number of hydrogen-bond donors (Lipinski definition) is 2. The molecule has 2 aromatic carbocycles. The van der Waals surface area contributed by atoms with Crippen molar-refractivity contribution in [3.8, 4) is 0 Å². The van der Waals surface area contributed by atoms with E-state index in [9.17, 15) is 9.18 Å². The normalized spacial score (nSPS) is 10.7. The summed E-state index contributed by atoms with van der Waals surface area (Å²) in [5.74, 6) is -0.267. The second-order valence-electron chi connectivity index (χ2n) is 4.56. The van der Waals surface area contributed by atoms with E-state index in [-0.39, 0.29) is 11.4 Å². The molecule has 1 aromatic heterocycles. The van der Waals surface area contributed by atoms with E-state index in [0.717, 1.165) is 22.2 Å². The van der Waals surface area contributed by atoms with Gasteiger partial charge in [0.15, 0.2) is 0 Å². The van der Waals surface area contributed by atoms with Crippen molar-refractivity contribution in [2.75, 3.05) is 5.32 Å². The Morgan fingerprint density at radius 3 is 2.60 bits per heavy atom. The Morgan fingerprint density at radius 1 is 1.05 bits per heavy atom. The van der Waals surface area contributed by atoms with Gasteiger partial charge in [-0.15, -0.1) is 0 Å². The third-order valence-electron chi connectivity index (χ3n) is 3.16. The number of pyridine rings is 1. The molecule has 4 heteroatoms. The van der Waals surface area contributed by atoms with Crippen LogP contribution in [0, 0.1) is 5.82 Å². The largest absolute Gasteiger partial charge is 0.381 e. The minimum atomic E-state index is -0.267. The zero-order chi connectivity index (χ0) is 13.9. The van der Waals surface area contributed by atoms with Crippen molar-refractivity contribution < 1.29 is 4.39 Å². The molecule has 0 saturated carbocycles. The van der Waals surface area contributed by atoms with Crippen LogP contribution in [-0.2, 0) is 6.54 Å². The molecule has 0 bridgehead atoms. The highest BCUT2D eigenvalue weighted by Gasteiger charge is 2.03. The second kappa shape index (κ2) is 5.17. The van der Waals surface area contributed by atoms with Crippen LogP contribution in [0.5, 0.6) is 0 Å². The first-order valence-corrected chi connectivity index (χ1v) is 6.33. The molecule has 0 aliphatic heterocycles. The molecule has 0 radical (unpaired) electrons. The van der Waals surface area contributed by atoms with Crippen LogP contribution in [0.25, 0.3) is 10.9 Å². The van der Waals surface area contributed by atoms with Crippen LogP contribution in [0.15, 0.2) is 59.4 Å². The van der Waals surface area contributed by atoms with Gasteiger partial charge in [0.25, 0.3) is 0 Å². The van der Waals surface area contributed by atoms with Gasteiger partial charge in [-0.05, 0) is 35.9 Å². The summed E-state index contributed by atoms with van der Waals surface area (Å²) in [4.78, 5) is 14.4. The number of fused-ring (bicyclic) bond motifs is 1. The highest BCUT2D eigenvalue weighted by atomic mass is 19.1. The maximum absolute atomic E-state index is 12.8. The van der Waals surface area contributed by atoms with E-state index in [1.54, 1.807) is 18.2 Å². The molecular formula is C16H13FN2O. The van der Waals surface area contributed by atoms with Gasteiger partial charge < -0.3 is 10.3 Å². The first kappa shape index (κ1) is 12.4. The standard InChI is InChI=1S/C16H13FN2O/c17-12-5-7-13(8-6-12)18-10-11-9-16(20)19-15-4-2-1-3-14(11)15/h1-9,18H,10H2,(H,19,20). The van der Waals surface area contributed by atoms with E-state index < -0.39 is 0 Å². The number of para-hydroxylation sites is 1. The van der Waals surface area contributed by atoms with Crippen molar-refractivity contribution in [1.29, 1.82) is 0 Å². The number of aromatic nitrogens is 1. The van der Waals surface area contributed by atoms with Crippen LogP contribution in [0.1, 0.15) is 5.56 Å².